The molecule has 0 aliphatic rings. The maximum Gasteiger partial charge on any atom is 0.274 e. The van der Waals surface area contributed by atoms with E-state index < -0.39 is 17.6 Å². The van der Waals surface area contributed by atoms with Crippen LogP contribution in [0.4, 0.5) is 15.8 Å². The summed E-state index contributed by atoms with van der Waals surface area (Å²) in [6, 6.07) is 22.9. The molecule has 5 aromatic rings. The molecule has 9 heteroatoms. The minimum atomic E-state index is -0.567. The van der Waals surface area contributed by atoms with Gasteiger partial charge < -0.3 is 15.1 Å². The van der Waals surface area contributed by atoms with Gasteiger partial charge in [-0.1, -0.05) is 23.8 Å². The SMILES string of the molecule is Cc1cccc(-c2nnc(-c3ccc(C(=O)Nc4cc(F)ccc4NC(=O)c4ccccn4)cc3)o2)c1. The second-order valence-corrected chi connectivity index (χ2v) is 8.17. The van der Waals surface area contributed by atoms with Crippen LogP contribution < -0.4 is 10.6 Å². The minimum Gasteiger partial charge on any atom is -0.416 e. The van der Waals surface area contributed by atoms with E-state index in [1.54, 1.807) is 42.5 Å². The van der Waals surface area contributed by atoms with E-state index in [1.165, 1.54) is 18.3 Å². The van der Waals surface area contributed by atoms with Crippen molar-refractivity contribution in [3.63, 3.8) is 0 Å². The van der Waals surface area contributed by atoms with Gasteiger partial charge in [0.2, 0.25) is 11.8 Å². The van der Waals surface area contributed by atoms with E-state index >= 15 is 0 Å². The summed E-state index contributed by atoms with van der Waals surface area (Å²) in [5.74, 6) is -0.838. The Hall–Kier alpha value is -5.18. The van der Waals surface area contributed by atoms with Crippen LogP contribution in [0.25, 0.3) is 22.9 Å². The fraction of sp³-hybridized carbons (Fsp3) is 0.0357. The number of hydrogen-bond donors (Lipinski definition) is 2. The molecule has 5 rings (SSSR count). The number of carbonyl (C=O) groups excluding carboxylic acids is 2. The second kappa shape index (κ2) is 10.2. The molecule has 0 bridgehead atoms. The van der Waals surface area contributed by atoms with Gasteiger partial charge in [0, 0.05) is 22.9 Å². The maximum atomic E-state index is 13.9. The number of hydrogen-bond acceptors (Lipinski definition) is 6. The van der Waals surface area contributed by atoms with Crippen molar-refractivity contribution in [2.24, 2.45) is 0 Å². The Morgan fingerprint density at radius 3 is 2.24 bits per heavy atom. The molecule has 3 aromatic carbocycles. The third kappa shape index (κ3) is 5.40. The molecule has 0 radical (unpaired) electrons. The third-order valence-corrected chi connectivity index (χ3v) is 5.46. The van der Waals surface area contributed by atoms with Crippen LogP contribution in [0.5, 0.6) is 0 Å². The third-order valence-electron chi connectivity index (χ3n) is 5.46. The van der Waals surface area contributed by atoms with Gasteiger partial charge in [0.25, 0.3) is 11.8 Å². The molecule has 8 nitrogen and oxygen atoms in total. The first-order valence-corrected chi connectivity index (χ1v) is 11.3. The van der Waals surface area contributed by atoms with E-state index in [0.717, 1.165) is 17.2 Å². The predicted molar refractivity (Wildman–Crippen MR) is 136 cm³/mol. The number of aromatic nitrogens is 3. The van der Waals surface area contributed by atoms with Crippen LogP contribution in [0.3, 0.4) is 0 Å². The topological polar surface area (TPSA) is 110 Å². The van der Waals surface area contributed by atoms with Gasteiger partial charge in [-0.3, -0.25) is 14.6 Å². The van der Waals surface area contributed by atoms with Crippen molar-refractivity contribution >= 4 is 23.2 Å². The molecule has 0 unspecified atom stereocenters. The number of carbonyl (C=O) groups is 2. The fourth-order valence-corrected chi connectivity index (χ4v) is 3.61. The van der Waals surface area contributed by atoms with E-state index in [2.05, 4.69) is 25.8 Å². The normalized spacial score (nSPS) is 10.6. The summed E-state index contributed by atoms with van der Waals surface area (Å²) < 4.78 is 19.7. The van der Waals surface area contributed by atoms with E-state index in [0.29, 0.717) is 22.9 Å². The molecule has 2 aromatic heterocycles. The maximum absolute atomic E-state index is 13.9. The van der Waals surface area contributed by atoms with Gasteiger partial charge in [-0.2, -0.15) is 0 Å². The first kappa shape index (κ1) is 23.6. The second-order valence-electron chi connectivity index (χ2n) is 8.17. The lowest BCUT2D eigenvalue weighted by Gasteiger charge is -2.12. The molecular weight excluding hydrogens is 473 g/mol. The predicted octanol–water partition coefficient (Wildman–Crippen LogP) is 5.75. The van der Waals surface area contributed by atoms with E-state index in [4.69, 9.17) is 4.42 Å². The van der Waals surface area contributed by atoms with Crippen molar-refractivity contribution in [1.82, 2.24) is 15.2 Å². The lowest BCUT2D eigenvalue weighted by atomic mass is 10.1. The first-order chi connectivity index (χ1) is 18.0. The Kier molecular flexibility index (Phi) is 6.50. The summed E-state index contributed by atoms with van der Waals surface area (Å²) >= 11 is 0. The summed E-state index contributed by atoms with van der Waals surface area (Å²) in [6.45, 7) is 1.98. The molecular formula is C28H20FN5O3. The number of aryl methyl sites for hydroxylation is 1. The lowest BCUT2D eigenvalue weighted by molar-refractivity contribution is 0.101. The number of anilines is 2. The molecule has 37 heavy (non-hydrogen) atoms. The zero-order valence-electron chi connectivity index (χ0n) is 19.6. The smallest absolute Gasteiger partial charge is 0.274 e. The number of rotatable bonds is 6. The Labute approximate surface area is 211 Å². The average Bonchev–Trinajstić information content (AvgIpc) is 3.41. The largest absolute Gasteiger partial charge is 0.416 e. The quantitative estimate of drug-likeness (QED) is 0.312. The highest BCUT2D eigenvalue weighted by Gasteiger charge is 2.15. The van der Waals surface area contributed by atoms with E-state index in [1.807, 2.05) is 31.2 Å². The number of nitrogens with one attached hydrogen (secondary N) is 2. The van der Waals surface area contributed by atoms with Crippen LogP contribution in [0.2, 0.25) is 0 Å². The van der Waals surface area contributed by atoms with Crippen LogP contribution in [0.15, 0.2) is 95.5 Å². The number of halogens is 1. The molecule has 0 atom stereocenters. The van der Waals surface area contributed by atoms with Crippen LogP contribution >= 0.6 is 0 Å². The van der Waals surface area contributed by atoms with Crippen LogP contribution in [-0.4, -0.2) is 27.0 Å². The van der Waals surface area contributed by atoms with Crippen molar-refractivity contribution in [2.45, 2.75) is 6.92 Å². The Bertz CT molecular complexity index is 1580. The van der Waals surface area contributed by atoms with E-state index in [-0.39, 0.29) is 17.1 Å². The Morgan fingerprint density at radius 1 is 0.757 bits per heavy atom. The highest BCUT2D eigenvalue weighted by Crippen LogP contribution is 2.26. The summed E-state index contributed by atoms with van der Waals surface area (Å²) in [6.07, 6.45) is 1.49. The molecule has 182 valence electrons. The minimum absolute atomic E-state index is 0.109. The van der Waals surface area contributed by atoms with Gasteiger partial charge in [-0.25, -0.2) is 4.39 Å². The number of nitrogens with zero attached hydrogens (tertiary/aromatic N) is 3. The van der Waals surface area contributed by atoms with E-state index in [9.17, 15) is 14.0 Å². The molecule has 0 aliphatic heterocycles. The monoisotopic (exact) mass is 493 g/mol. The van der Waals surface area contributed by atoms with Crippen molar-refractivity contribution in [2.75, 3.05) is 10.6 Å². The standard InChI is InChI=1S/C28H20FN5O3/c1-17-5-4-6-20(15-17)28-34-33-27(37-28)19-10-8-18(9-11-19)25(35)32-24-16-21(29)12-13-22(24)31-26(36)23-7-2-3-14-30-23/h2-16H,1H3,(H,31,36)(H,32,35). The zero-order valence-corrected chi connectivity index (χ0v) is 19.6. The molecule has 0 saturated heterocycles. The number of pyridine rings is 1. The van der Waals surface area contributed by atoms with Crippen molar-refractivity contribution in [3.05, 3.63) is 114 Å². The summed E-state index contributed by atoms with van der Waals surface area (Å²) in [5.41, 5.74) is 3.37. The molecule has 0 fully saturated rings. The lowest BCUT2D eigenvalue weighted by Crippen LogP contribution is -2.17. The van der Waals surface area contributed by atoms with Gasteiger partial charge in [0.1, 0.15) is 11.5 Å². The fourth-order valence-electron chi connectivity index (χ4n) is 3.61. The summed E-state index contributed by atoms with van der Waals surface area (Å²) in [4.78, 5) is 29.4. The molecule has 0 spiro atoms. The van der Waals surface area contributed by atoms with Crippen molar-refractivity contribution < 1.29 is 18.4 Å². The van der Waals surface area contributed by atoms with Gasteiger partial charge >= 0.3 is 0 Å². The summed E-state index contributed by atoms with van der Waals surface area (Å²) in [5, 5.41) is 13.5. The molecule has 2 N–H and O–H groups in total. The van der Waals surface area contributed by atoms with Gasteiger partial charge in [0.15, 0.2) is 0 Å². The van der Waals surface area contributed by atoms with Crippen molar-refractivity contribution in [1.29, 1.82) is 0 Å². The van der Waals surface area contributed by atoms with Gasteiger partial charge in [-0.05, 0) is 73.7 Å². The highest BCUT2D eigenvalue weighted by molar-refractivity contribution is 6.09. The zero-order chi connectivity index (χ0) is 25.8. The van der Waals surface area contributed by atoms with Crippen LogP contribution in [0.1, 0.15) is 26.4 Å². The number of amides is 2. The Morgan fingerprint density at radius 2 is 1.51 bits per heavy atom. The summed E-state index contributed by atoms with van der Waals surface area (Å²) in [7, 11) is 0. The van der Waals surface area contributed by atoms with Gasteiger partial charge in [-0.15, -0.1) is 10.2 Å². The number of benzene rings is 3. The van der Waals surface area contributed by atoms with Crippen LogP contribution in [-0.2, 0) is 0 Å². The first-order valence-electron chi connectivity index (χ1n) is 11.3. The average molecular weight is 493 g/mol. The highest BCUT2D eigenvalue weighted by atomic mass is 19.1. The van der Waals surface area contributed by atoms with Crippen LogP contribution in [0, 0.1) is 12.7 Å². The van der Waals surface area contributed by atoms with Crippen molar-refractivity contribution in [3.8, 4) is 22.9 Å². The molecule has 2 amide bonds. The van der Waals surface area contributed by atoms with Gasteiger partial charge in [0.05, 0.1) is 11.4 Å². The Balaban J connectivity index is 1.31. The molecule has 2 heterocycles. The molecule has 0 saturated carbocycles. The molecule has 0 aliphatic carbocycles.